The number of anilines is 1. The minimum Gasteiger partial charge on any atom is -0.379 e. The maximum absolute atomic E-state index is 6.06. The Bertz CT molecular complexity index is 542. The van der Waals surface area contributed by atoms with Gasteiger partial charge < -0.3 is 5.32 Å². The van der Waals surface area contributed by atoms with Gasteiger partial charge in [-0.15, -0.1) is 11.3 Å². The van der Waals surface area contributed by atoms with Gasteiger partial charge in [-0.05, 0) is 40.2 Å². The highest BCUT2D eigenvalue weighted by atomic mass is 79.9. The molecule has 1 aromatic carbocycles. The molecule has 1 heterocycles. The van der Waals surface area contributed by atoms with Gasteiger partial charge in [0.15, 0.2) is 0 Å². The van der Waals surface area contributed by atoms with Crippen LogP contribution in [0.4, 0.5) is 5.69 Å². The topological polar surface area (TPSA) is 12.0 Å². The Morgan fingerprint density at radius 3 is 2.41 bits per heavy atom. The van der Waals surface area contributed by atoms with Gasteiger partial charge in [0, 0.05) is 11.4 Å². The minimum atomic E-state index is 0.459. The molecule has 1 N–H and O–H groups in total. The van der Waals surface area contributed by atoms with Crippen LogP contribution in [0.5, 0.6) is 0 Å². The van der Waals surface area contributed by atoms with Crippen LogP contribution in [0, 0.1) is 0 Å². The second-order valence-corrected chi connectivity index (χ2v) is 7.07. The van der Waals surface area contributed by atoms with Crippen molar-refractivity contribution < 1.29 is 0 Å². The highest BCUT2D eigenvalue weighted by Crippen LogP contribution is 2.33. The van der Waals surface area contributed by atoms with E-state index in [1.54, 1.807) is 23.5 Å². The molecular weight excluding hydrogens is 364 g/mol. The summed E-state index contributed by atoms with van der Waals surface area (Å²) in [6.45, 7) is 0.702. The van der Waals surface area contributed by atoms with Crippen molar-refractivity contribution in [2.75, 3.05) is 5.32 Å². The Hall–Kier alpha value is 0.0700. The summed E-state index contributed by atoms with van der Waals surface area (Å²) in [7, 11) is 0. The zero-order valence-corrected chi connectivity index (χ0v) is 13.1. The molecule has 0 aliphatic carbocycles. The van der Waals surface area contributed by atoms with Gasteiger partial charge in [0.05, 0.1) is 24.5 Å². The van der Waals surface area contributed by atoms with Crippen molar-refractivity contribution in [3.63, 3.8) is 0 Å². The standard InChI is InChI=1S/C11H7BrCl3NS/c12-11-2-1-6(17-11)5-16-10-4-8(14)7(13)3-9(10)15/h1-4,16H,5H2. The van der Waals surface area contributed by atoms with Gasteiger partial charge >= 0.3 is 0 Å². The first kappa shape index (κ1) is 13.5. The molecule has 0 saturated heterocycles. The van der Waals surface area contributed by atoms with Gasteiger partial charge in [-0.1, -0.05) is 34.8 Å². The molecule has 0 amide bonds. The molecule has 90 valence electrons. The Labute approximate surface area is 127 Å². The molecule has 2 aromatic rings. The second-order valence-electron chi connectivity index (χ2n) is 3.31. The van der Waals surface area contributed by atoms with Gasteiger partial charge in [0.25, 0.3) is 0 Å². The van der Waals surface area contributed by atoms with E-state index in [1.807, 2.05) is 12.1 Å². The summed E-state index contributed by atoms with van der Waals surface area (Å²) < 4.78 is 1.11. The van der Waals surface area contributed by atoms with E-state index in [9.17, 15) is 0 Å². The minimum absolute atomic E-state index is 0.459. The van der Waals surface area contributed by atoms with Crippen LogP contribution >= 0.6 is 62.1 Å². The first-order valence-corrected chi connectivity index (χ1v) is 7.43. The summed E-state index contributed by atoms with van der Waals surface area (Å²) in [6, 6.07) is 7.43. The van der Waals surface area contributed by atoms with E-state index in [4.69, 9.17) is 34.8 Å². The lowest BCUT2D eigenvalue weighted by molar-refractivity contribution is 1.19. The van der Waals surface area contributed by atoms with E-state index in [0.717, 1.165) is 9.47 Å². The molecule has 0 saturated carbocycles. The third-order valence-electron chi connectivity index (χ3n) is 2.09. The normalized spacial score (nSPS) is 10.6. The van der Waals surface area contributed by atoms with Crippen LogP contribution < -0.4 is 5.32 Å². The third-order valence-corrected chi connectivity index (χ3v) is 4.75. The second kappa shape index (κ2) is 5.81. The molecule has 0 spiro atoms. The molecule has 2 rings (SSSR count). The lowest BCUT2D eigenvalue weighted by Gasteiger charge is -2.08. The van der Waals surface area contributed by atoms with Gasteiger partial charge in [-0.25, -0.2) is 0 Å². The van der Waals surface area contributed by atoms with Gasteiger partial charge in [-0.3, -0.25) is 0 Å². The molecular formula is C11H7BrCl3NS. The summed E-state index contributed by atoms with van der Waals surface area (Å²) in [4.78, 5) is 1.21. The summed E-state index contributed by atoms with van der Waals surface area (Å²) >= 11 is 22.9. The summed E-state index contributed by atoms with van der Waals surface area (Å²) in [5.74, 6) is 0. The fourth-order valence-electron chi connectivity index (χ4n) is 1.29. The van der Waals surface area contributed by atoms with Gasteiger partial charge in [0.2, 0.25) is 0 Å². The smallest absolute Gasteiger partial charge is 0.0702 e. The average Bonchev–Trinajstić information content (AvgIpc) is 2.68. The van der Waals surface area contributed by atoms with Crippen LogP contribution in [-0.2, 0) is 6.54 Å². The molecule has 0 radical (unpaired) electrons. The number of halogens is 4. The van der Waals surface area contributed by atoms with Gasteiger partial charge in [0.1, 0.15) is 0 Å². The van der Waals surface area contributed by atoms with Gasteiger partial charge in [-0.2, -0.15) is 0 Å². The van der Waals surface area contributed by atoms with Crippen LogP contribution in [0.15, 0.2) is 28.1 Å². The van der Waals surface area contributed by atoms with E-state index >= 15 is 0 Å². The SMILES string of the molecule is Clc1cc(Cl)c(NCc2ccc(Br)s2)cc1Cl. The van der Waals surface area contributed by atoms with E-state index in [0.29, 0.717) is 21.6 Å². The molecule has 0 bridgehead atoms. The Morgan fingerprint density at radius 2 is 1.76 bits per heavy atom. The zero-order valence-electron chi connectivity index (χ0n) is 8.44. The number of rotatable bonds is 3. The largest absolute Gasteiger partial charge is 0.379 e. The highest BCUT2D eigenvalue weighted by molar-refractivity contribution is 9.11. The number of nitrogens with one attached hydrogen (secondary N) is 1. The van der Waals surface area contributed by atoms with Crippen molar-refractivity contribution in [2.24, 2.45) is 0 Å². The van der Waals surface area contributed by atoms with E-state index in [2.05, 4.69) is 21.2 Å². The number of thiophene rings is 1. The molecule has 17 heavy (non-hydrogen) atoms. The van der Waals surface area contributed by atoms with Crippen molar-refractivity contribution in [3.05, 3.63) is 48.0 Å². The number of benzene rings is 1. The van der Waals surface area contributed by atoms with Crippen molar-refractivity contribution >= 4 is 67.8 Å². The maximum Gasteiger partial charge on any atom is 0.0702 e. The number of hydrogen-bond acceptors (Lipinski definition) is 2. The molecule has 0 aliphatic heterocycles. The van der Waals surface area contributed by atoms with Crippen LogP contribution in [0.1, 0.15) is 4.88 Å². The monoisotopic (exact) mass is 369 g/mol. The lowest BCUT2D eigenvalue weighted by atomic mass is 10.3. The van der Waals surface area contributed by atoms with Crippen molar-refractivity contribution in [2.45, 2.75) is 6.54 Å². The summed E-state index contributed by atoms with van der Waals surface area (Å²) in [5, 5.41) is 4.74. The summed E-state index contributed by atoms with van der Waals surface area (Å²) in [6.07, 6.45) is 0. The Kier molecular flexibility index (Phi) is 4.61. The molecule has 1 aromatic heterocycles. The van der Waals surface area contributed by atoms with Crippen LogP contribution in [0.25, 0.3) is 0 Å². The van der Waals surface area contributed by atoms with E-state index < -0.39 is 0 Å². The Morgan fingerprint density at radius 1 is 1.06 bits per heavy atom. The maximum atomic E-state index is 6.06. The lowest BCUT2D eigenvalue weighted by Crippen LogP contribution is -1.98. The fourth-order valence-corrected chi connectivity index (χ4v) is 3.32. The molecule has 0 atom stereocenters. The van der Waals surface area contributed by atoms with Crippen molar-refractivity contribution in [1.29, 1.82) is 0 Å². The molecule has 1 nitrogen and oxygen atoms in total. The molecule has 0 unspecified atom stereocenters. The zero-order chi connectivity index (χ0) is 12.4. The fraction of sp³-hybridized carbons (Fsp3) is 0.0909. The van der Waals surface area contributed by atoms with Crippen LogP contribution in [0.2, 0.25) is 15.1 Å². The van der Waals surface area contributed by atoms with Crippen molar-refractivity contribution in [3.8, 4) is 0 Å². The molecule has 0 aliphatic rings. The predicted molar refractivity (Wildman–Crippen MR) is 80.8 cm³/mol. The van der Waals surface area contributed by atoms with E-state index in [1.165, 1.54) is 4.88 Å². The third kappa shape index (κ3) is 3.52. The Balaban J connectivity index is 2.11. The van der Waals surface area contributed by atoms with Crippen molar-refractivity contribution in [1.82, 2.24) is 0 Å². The molecule has 0 fully saturated rings. The highest BCUT2D eigenvalue weighted by Gasteiger charge is 2.06. The average molecular weight is 372 g/mol. The molecule has 6 heteroatoms. The van der Waals surface area contributed by atoms with Crippen LogP contribution in [-0.4, -0.2) is 0 Å². The van der Waals surface area contributed by atoms with Crippen LogP contribution in [0.3, 0.4) is 0 Å². The first-order valence-electron chi connectivity index (χ1n) is 4.69. The quantitative estimate of drug-likeness (QED) is 0.645. The first-order chi connectivity index (χ1) is 8.06. The summed E-state index contributed by atoms with van der Waals surface area (Å²) in [5.41, 5.74) is 0.783. The predicted octanol–water partition coefficient (Wildman–Crippen LogP) is 6.08. The number of hydrogen-bond donors (Lipinski definition) is 1. The van der Waals surface area contributed by atoms with E-state index in [-0.39, 0.29) is 0 Å².